The lowest BCUT2D eigenvalue weighted by Gasteiger charge is -2.32. The maximum absolute atomic E-state index is 12.3. The molecule has 2 N–H and O–H groups in total. The molecular formula is C15H21N5O. The Balaban J connectivity index is 1.57. The van der Waals surface area contributed by atoms with Crippen LogP contribution in [-0.2, 0) is 11.2 Å². The second kappa shape index (κ2) is 5.81. The highest BCUT2D eigenvalue weighted by Gasteiger charge is 2.34. The Kier molecular flexibility index (Phi) is 3.88. The number of aromatic nitrogens is 3. The molecule has 1 amide bonds. The Morgan fingerprint density at radius 2 is 2.19 bits per heavy atom. The van der Waals surface area contributed by atoms with Crippen molar-refractivity contribution in [3.8, 4) is 0 Å². The summed E-state index contributed by atoms with van der Waals surface area (Å²) in [7, 11) is 0. The molecule has 0 saturated carbocycles. The third kappa shape index (κ3) is 2.90. The lowest BCUT2D eigenvalue weighted by Crippen LogP contribution is -2.46. The van der Waals surface area contributed by atoms with E-state index in [0.29, 0.717) is 13.0 Å². The number of pyridine rings is 1. The maximum Gasteiger partial charge on any atom is 0.226 e. The molecule has 1 fully saturated rings. The first-order chi connectivity index (χ1) is 10.2. The van der Waals surface area contributed by atoms with Crippen molar-refractivity contribution in [1.29, 1.82) is 0 Å². The molecule has 112 valence electrons. The Hall–Kier alpha value is -1.95. The van der Waals surface area contributed by atoms with Gasteiger partial charge in [-0.25, -0.2) is 0 Å². The Morgan fingerprint density at radius 1 is 1.38 bits per heavy atom. The molecule has 0 atom stereocenters. The molecule has 3 heterocycles. The maximum atomic E-state index is 12.3. The van der Waals surface area contributed by atoms with Crippen LogP contribution in [0.25, 0.3) is 5.65 Å². The monoisotopic (exact) mass is 287 g/mol. The molecule has 6 heteroatoms. The number of hydrogen-bond donors (Lipinski definition) is 2. The molecule has 0 aliphatic carbocycles. The van der Waals surface area contributed by atoms with Crippen LogP contribution in [0.3, 0.4) is 0 Å². The van der Waals surface area contributed by atoms with Gasteiger partial charge in [0.2, 0.25) is 5.91 Å². The molecule has 1 aliphatic rings. The second-order valence-corrected chi connectivity index (χ2v) is 5.86. The number of fused-ring (bicyclic) bond motifs is 1. The summed E-state index contributed by atoms with van der Waals surface area (Å²) >= 11 is 0. The average Bonchev–Trinajstić information content (AvgIpc) is 2.91. The van der Waals surface area contributed by atoms with Crippen LogP contribution in [0.15, 0.2) is 24.4 Å². The van der Waals surface area contributed by atoms with E-state index in [-0.39, 0.29) is 11.3 Å². The first-order valence-corrected chi connectivity index (χ1v) is 7.47. The first kappa shape index (κ1) is 14.0. The van der Waals surface area contributed by atoms with Gasteiger partial charge in [-0.1, -0.05) is 13.0 Å². The molecule has 21 heavy (non-hydrogen) atoms. The number of hydrogen-bond acceptors (Lipinski definition) is 4. The molecule has 0 radical (unpaired) electrons. The Bertz CT molecular complexity index is 630. The summed E-state index contributed by atoms with van der Waals surface area (Å²) < 4.78 is 1.96. The summed E-state index contributed by atoms with van der Waals surface area (Å²) in [5, 5.41) is 14.6. The molecule has 1 aliphatic heterocycles. The van der Waals surface area contributed by atoms with Crippen molar-refractivity contribution in [2.45, 2.75) is 26.2 Å². The number of carbonyl (C=O) groups excluding carboxylic acids is 1. The molecule has 2 aromatic rings. The van der Waals surface area contributed by atoms with Gasteiger partial charge in [-0.05, 0) is 38.1 Å². The minimum absolute atomic E-state index is 0.151. The molecule has 0 spiro atoms. The lowest BCUT2D eigenvalue weighted by atomic mass is 9.80. The minimum Gasteiger partial charge on any atom is -0.355 e. The zero-order valence-corrected chi connectivity index (χ0v) is 12.3. The minimum atomic E-state index is -0.238. The van der Waals surface area contributed by atoms with Gasteiger partial charge in [-0.3, -0.25) is 9.20 Å². The normalized spacial score (nSPS) is 17.8. The van der Waals surface area contributed by atoms with Crippen molar-refractivity contribution >= 4 is 11.6 Å². The summed E-state index contributed by atoms with van der Waals surface area (Å²) in [5.74, 6) is 1.03. The number of nitrogens with one attached hydrogen (secondary N) is 2. The largest absolute Gasteiger partial charge is 0.355 e. The van der Waals surface area contributed by atoms with E-state index in [1.165, 1.54) is 0 Å². The van der Waals surface area contributed by atoms with Crippen molar-refractivity contribution in [2.75, 3.05) is 19.6 Å². The van der Waals surface area contributed by atoms with Gasteiger partial charge in [-0.15, -0.1) is 10.2 Å². The Morgan fingerprint density at radius 3 is 3.00 bits per heavy atom. The second-order valence-electron chi connectivity index (χ2n) is 5.86. The number of piperidine rings is 1. The van der Waals surface area contributed by atoms with E-state index in [2.05, 4.69) is 27.8 Å². The summed E-state index contributed by atoms with van der Waals surface area (Å²) in [6.45, 7) is 4.48. The van der Waals surface area contributed by atoms with Crippen molar-refractivity contribution in [3.05, 3.63) is 30.2 Å². The highest BCUT2D eigenvalue weighted by Crippen LogP contribution is 2.27. The fourth-order valence-electron chi connectivity index (χ4n) is 2.77. The van der Waals surface area contributed by atoms with Crippen LogP contribution >= 0.6 is 0 Å². The smallest absolute Gasteiger partial charge is 0.226 e. The molecule has 1 saturated heterocycles. The van der Waals surface area contributed by atoms with Crippen LogP contribution in [0.2, 0.25) is 0 Å². The summed E-state index contributed by atoms with van der Waals surface area (Å²) in [6.07, 6.45) is 4.42. The van der Waals surface area contributed by atoms with Gasteiger partial charge in [0, 0.05) is 24.6 Å². The third-order valence-corrected chi connectivity index (χ3v) is 4.27. The van der Waals surface area contributed by atoms with Crippen LogP contribution in [-0.4, -0.2) is 40.1 Å². The van der Waals surface area contributed by atoms with Crippen LogP contribution < -0.4 is 10.6 Å². The predicted molar refractivity (Wildman–Crippen MR) is 79.9 cm³/mol. The summed E-state index contributed by atoms with van der Waals surface area (Å²) in [5.41, 5.74) is 0.599. The predicted octanol–water partition coefficient (Wildman–Crippen LogP) is 0.778. The van der Waals surface area contributed by atoms with E-state index < -0.39 is 0 Å². The van der Waals surface area contributed by atoms with Gasteiger partial charge in [0.25, 0.3) is 0 Å². The van der Waals surface area contributed by atoms with E-state index in [1.807, 2.05) is 28.8 Å². The van der Waals surface area contributed by atoms with Crippen molar-refractivity contribution in [1.82, 2.24) is 25.2 Å². The highest BCUT2D eigenvalue weighted by molar-refractivity contribution is 5.82. The topological polar surface area (TPSA) is 71.3 Å². The third-order valence-electron chi connectivity index (χ3n) is 4.27. The molecular weight excluding hydrogens is 266 g/mol. The number of rotatable bonds is 4. The number of nitrogens with zero attached hydrogens (tertiary/aromatic N) is 3. The standard InChI is InChI=1S/C15H21N5O/c1-15(6-9-16-10-7-15)14(21)17-8-5-13-19-18-12-4-2-3-11-20(12)13/h2-4,11,16H,5-10H2,1H3,(H,17,21). The molecule has 0 unspecified atom stereocenters. The summed E-state index contributed by atoms with van der Waals surface area (Å²) in [4.78, 5) is 12.3. The van der Waals surface area contributed by atoms with Gasteiger partial charge in [0.1, 0.15) is 5.82 Å². The van der Waals surface area contributed by atoms with Crippen LogP contribution in [0.4, 0.5) is 0 Å². The average molecular weight is 287 g/mol. The lowest BCUT2D eigenvalue weighted by molar-refractivity contribution is -0.131. The van der Waals surface area contributed by atoms with Crippen LogP contribution in [0, 0.1) is 5.41 Å². The molecule has 3 rings (SSSR count). The SMILES string of the molecule is CC1(C(=O)NCCc2nnc3ccccn23)CCNCC1. The van der Waals surface area contributed by atoms with Crippen molar-refractivity contribution in [3.63, 3.8) is 0 Å². The van der Waals surface area contributed by atoms with Crippen molar-refractivity contribution in [2.24, 2.45) is 5.41 Å². The van der Waals surface area contributed by atoms with E-state index in [4.69, 9.17) is 0 Å². The highest BCUT2D eigenvalue weighted by atomic mass is 16.2. The van der Waals surface area contributed by atoms with Gasteiger partial charge in [0.15, 0.2) is 5.65 Å². The van der Waals surface area contributed by atoms with Gasteiger partial charge >= 0.3 is 0 Å². The number of amides is 1. The van der Waals surface area contributed by atoms with Gasteiger partial charge in [0.05, 0.1) is 0 Å². The van der Waals surface area contributed by atoms with E-state index in [0.717, 1.165) is 37.4 Å². The van der Waals surface area contributed by atoms with Crippen LogP contribution in [0.1, 0.15) is 25.6 Å². The quantitative estimate of drug-likeness (QED) is 0.871. The first-order valence-electron chi connectivity index (χ1n) is 7.47. The number of carbonyl (C=O) groups is 1. The van der Waals surface area contributed by atoms with E-state index in [1.54, 1.807) is 0 Å². The van der Waals surface area contributed by atoms with Crippen molar-refractivity contribution < 1.29 is 4.79 Å². The summed E-state index contributed by atoms with van der Waals surface area (Å²) in [6, 6.07) is 5.81. The fourth-order valence-corrected chi connectivity index (χ4v) is 2.77. The van der Waals surface area contributed by atoms with Gasteiger partial charge in [-0.2, -0.15) is 0 Å². The molecule has 6 nitrogen and oxygen atoms in total. The van der Waals surface area contributed by atoms with Crippen LogP contribution in [0.5, 0.6) is 0 Å². The molecule has 0 bridgehead atoms. The fraction of sp³-hybridized carbons (Fsp3) is 0.533. The van der Waals surface area contributed by atoms with E-state index >= 15 is 0 Å². The zero-order chi connectivity index (χ0) is 14.7. The van der Waals surface area contributed by atoms with E-state index in [9.17, 15) is 4.79 Å². The molecule has 0 aromatic carbocycles. The Labute approximate surface area is 123 Å². The van der Waals surface area contributed by atoms with Gasteiger partial charge < -0.3 is 10.6 Å². The zero-order valence-electron chi connectivity index (χ0n) is 12.3. The molecule has 2 aromatic heterocycles.